The van der Waals surface area contributed by atoms with Gasteiger partial charge in [0.1, 0.15) is 0 Å². The molecule has 3 aromatic carbocycles. The van der Waals surface area contributed by atoms with Gasteiger partial charge in [-0.05, 0) is 70.5 Å². The van der Waals surface area contributed by atoms with Gasteiger partial charge in [-0.3, -0.25) is 0 Å². The molecule has 1 aliphatic rings. The predicted molar refractivity (Wildman–Crippen MR) is 126 cm³/mol. The molecule has 0 N–H and O–H groups in total. The molecule has 0 bridgehead atoms. The SMILES string of the molecule is CC(C)(C)c1ccc2c(c1)Oc1cc(C(C)(C)C)ccc1N2c1ccc(Br)cc1. The van der Waals surface area contributed by atoms with E-state index in [1.54, 1.807) is 0 Å². The minimum absolute atomic E-state index is 0.0639. The first-order valence-electron chi connectivity index (χ1n) is 10.1. The van der Waals surface area contributed by atoms with Crippen LogP contribution in [0.5, 0.6) is 11.5 Å². The summed E-state index contributed by atoms with van der Waals surface area (Å²) in [5.41, 5.74) is 5.91. The normalized spacial score (nSPS) is 13.6. The van der Waals surface area contributed by atoms with Gasteiger partial charge in [-0.15, -0.1) is 0 Å². The van der Waals surface area contributed by atoms with Gasteiger partial charge >= 0.3 is 0 Å². The summed E-state index contributed by atoms with van der Waals surface area (Å²) < 4.78 is 7.54. The van der Waals surface area contributed by atoms with Crippen LogP contribution in [0.25, 0.3) is 0 Å². The van der Waals surface area contributed by atoms with Gasteiger partial charge in [0.05, 0.1) is 11.4 Å². The second kappa shape index (κ2) is 6.91. The van der Waals surface area contributed by atoms with Crippen LogP contribution in [-0.4, -0.2) is 0 Å². The van der Waals surface area contributed by atoms with E-state index >= 15 is 0 Å². The molecule has 150 valence electrons. The summed E-state index contributed by atoms with van der Waals surface area (Å²) in [6, 6.07) is 21.6. The van der Waals surface area contributed by atoms with Crippen molar-refractivity contribution in [3.8, 4) is 11.5 Å². The summed E-state index contributed by atoms with van der Waals surface area (Å²) in [6.45, 7) is 13.4. The Bertz CT molecular complexity index is 992. The van der Waals surface area contributed by atoms with Crippen LogP contribution in [0.4, 0.5) is 17.1 Å². The Morgan fingerprint density at radius 3 is 1.52 bits per heavy atom. The molecule has 0 unspecified atom stereocenters. The molecule has 1 aliphatic heterocycles. The zero-order valence-electron chi connectivity index (χ0n) is 18.0. The van der Waals surface area contributed by atoms with Crippen molar-refractivity contribution in [1.82, 2.24) is 0 Å². The molecule has 0 spiro atoms. The van der Waals surface area contributed by atoms with Gasteiger partial charge < -0.3 is 9.64 Å². The number of hydrogen-bond donors (Lipinski definition) is 0. The van der Waals surface area contributed by atoms with Crippen molar-refractivity contribution in [3.05, 3.63) is 76.3 Å². The fourth-order valence-corrected chi connectivity index (χ4v) is 3.88. The van der Waals surface area contributed by atoms with Crippen molar-refractivity contribution in [2.75, 3.05) is 4.90 Å². The average Bonchev–Trinajstić information content (AvgIpc) is 2.64. The van der Waals surface area contributed by atoms with Crippen LogP contribution in [-0.2, 0) is 10.8 Å². The second-order valence-corrected chi connectivity index (χ2v) is 10.7. The molecular weight excluding hydrogens is 422 g/mol. The second-order valence-electron chi connectivity index (χ2n) is 9.78. The molecule has 29 heavy (non-hydrogen) atoms. The summed E-state index contributed by atoms with van der Waals surface area (Å²) in [5, 5.41) is 0. The van der Waals surface area contributed by atoms with Gasteiger partial charge in [-0.1, -0.05) is 69.6 Å². The molecule has 2 nitrogen and oxygen atoms in total. The summed E-state index contributed by atoms with van der Waals surface area (Å²) in [5.74, 6) is 1.80. The number of anilines is 3. The van der Waals surface area contributed by atoms with Crippen LogP contribution in [0.2, 0.25) is 0 Å². The van der Waals surface area contributed by atoms with Gasteiger partial charge in [0.15, 0.2) is 11.5 Å². The number of benzene rings is 3. The van der Waals surface area contributed by atoms with E-state index in [9.17, 15) is 0 Å². The van der Waals surface area contributed by atoms with Gasteiger partial charge in [0.25, 0.3) is 0 Å². The lowest BCUT2D eigenvalue weighted by Crippen LogP contribution is -2.19. The summed E-state index contributed by atoms with van der Waals surface area (Å²) in [6.07, 6.45) is 0. The van der Waals surface area contributed by atoms with Crippen molar-refractivity contribution < 1.29 is 4.74 Å². The van der Waals surface area contributed by atoms with Crippen LogP contribution in [0.15, 0.2) is 65.1 Å². The Kier molecular flexibility index (Phi) is 4.77. The van der Waals surface area contributed by atoms with E-state index in [0.29, 0.717) is 0 Å². The molecule has 0 atom stereocenters. The maximum atomic E-state index is 6.47. The summed E-state index contributed by atoms with van der Waals surface area (Å²) >= 11 is 3.55. The maximum Gasteiger partial charge on any atom is 0.151 e. The van der Waals surface area contributed by atoms with E-state index < -0.39 is 0 Å². The molecule has 0 saturated heterocycles. The Morgan fingerprint density at radius 1 is 0.655 bits per heavy atom. The molecule has 0 saturated carbocycles. The highest BCUT2D eigenvalue weighted by molar-refractivity contribution is 9.10. The topological polar surface area (TPSA) is 12.5 Å². The van der Waals surface area contributed by atoms with Gasteiger partial charge in [0.2, 0.25) is 0 Å². The van der Waals surface area contributed by atoms with Crippen molar-refractivity contribution in [2.45, 2.75) is 52.4 Å². The first kappa shape index (κ1) is 20.0. The quantitative estimate of drug-likeness (QED) is 0.288. The highest BCUT2D eigenvalue weighted by atomic mass is 79.9. The summed E-state index contributed by atoms with van der Waals surface area (Å²) in [4.78, 5) is 2.29. The Morgan fingerprint density at radius 2 is 1.10 bits per heavy atom. The number of halogens is 1. The minimum atomic E-state index is 0.0639. The van der Waals surface area contributed by atoms with Crippen LogP contribution in [0.3, 0.4) is 0 Å². The minimum Gasteiger partial charge on any atom is -0.453 e. The first-order valence-corrected chi connectivity index (χ1v) is 10.9. The fourth-order valence-electron chi connectivity index (χ4n) is 3.61. The van der Waals surface area contributed by atoms with Crippen LogP contribution < -0.4 is 9.64 Å². The highest BCUT2D eigenvalue weighted by Crippen LogP contribution is 2.52. The first-order chi connectivity index (χ1) is 13.5. The smallest absolute Gasteiger partial charge is 0.151 e. The van der Waals surface area contributed by atoms with Crippen molar-refractivity contribution >= 4 is 33.0 Å². The van der Waals surface area contributed by atoms with E-state index in [-0.39, 0.29) is 10.8 Å². The molecule has 0 radical (unpaired) electrons. The largest absolute Gasteiger partial charge is 0.453 e. The zero-order chi connectivity index (χ0) is 21.0. The zero-order valence-corrected chi connectivity index (χ0v) is 19.6. The molecular formula is C26H28BrNO. The van der Waals surface area contributed by atoms with Crippen molar-refractivity contribution in [3.63, 3.8) is 0 Å². The number of rotatable bonds is 1. The highest BCUT2D eigenvalue weighted by Gasteiger charge is 2.29. The third-order valence-electron chi connectivity index (χ3n) is 5.44. The van der Waals surface area contributed by atoms with E-state index in [1.807, 2.05) is 0 Å². The van der Waals surface area contributed by atoms with E-state index in [2.05, 4.69) is 123 Å². The average molecular weight is 450 g/mol. The number of fused-ring (bicyclic) bond motifs is 2. The lowest BCUT2D eigenvalue weighted by atomic mass is 9.86. The summed E-state index contributed by atoms with van der Waals surface area (Å²) in [7, 11) is 0. The Hall–Kier alpha value is -2.26. The molecule has 0 amide bonds. The third kappa shape index (κ3) is 3.81. The number of nitrogens with zero attached hydrogens (tertiary/aromatic N) is 1. The molecule has 0 aromatic heterocycles. The molecule has 4 rings (SSSR count). The predicted octanol–water partition coefficient (Wildman–Crippen LogP) is 8.62. The number of hydrogen-bond acceptors (Lipinski definition) is 2. The molecule has 1 heterocycles. The van der Waals surface area contributed by atoms with Crippen LogP contribution >= 0.6 is 15.9 Å². The standard InChI is InChI=1S/C26H28BrNO/c1-25(2,3)17-7-13-21-23(15-17)29-24-16-18(26(4,5)6)8-14-22(24)28(21)20-11-9-19(27)10-12-20/h7-16H,1-6H3. The van der Waals surface area contributed by atoms with E-state index in [4.69, 9.17) is 4.74 Å². The van der Waals surface area contributed by atoms with Crippen molar-refractivity contribution in [2.24, 2.45) is 0 Å². The Labute approximate surface area is 182 Å². The molecule has 3 aromatic rings. The molecule has 0 aliphatic carbocycles. The lowest BCUT2D eigenvalue weighted by Gasteiger charge is -2.35. The fraction of sp³-hybridized carbons (Fsp3) is 0.308. The third-order valence-corrected chi connectivity index (χ3v) is 5.97. The van der Waals surface area contributed by atoms with E-state index in [1.165, 1.54) is 11.1 Å². The molecule has 0 fully saturated rings. The Balaban J connectivity index is 1.92. The van der Waals surface area contributed by atoms with Crippen molar-refractivity contribution in [1.29, 1.82) is 0 Å². The van der Waals surface area contributed by atoms with Crippen LogP contribution in [0.1, 0.15) is 52.7 Å². The van der Waals surface area contributed by atoms with Gasteiger partial charge in [-0.25, -0.2) is 0 Å². The number of ether oxygens (including phenoxy) is 1. The van der Waals surface area contributed by atoms with E-state index in [0.717, 1.165) is 33.0 Å². The van der Waals surface area contributed by atoms with Gasteiger partial charge in [-0.2, -0.15) is 0 Å². The molecule has 3 heteroatoms. The monoisotopic (exact) mass is 449 g/mol. The van der Waals surface area contributed by atoms with Crippen LogP contribution in [0, 0.1) is 0 Å². The lowest BCUT2D eigenvalue weighted by molar-refractivity contribution is 0.469. The van der Waals surface area contributed by atoms with Gasteiger partial charge in [0, 0.05) is 10.2 Å². The maximum absolute atomic E-state index is 6.47.